The van der Waals surface area contributed by atoms with Gasteiger partial charge in [-0.05, 0) is 55.6 Å². The topological polar surface area (TPSA) is 41.1 Å². The first-order chi connectivity index (χ1) is 10.8. The summed E-state index contributed by atoms with van der Waals surface area (Å²) in [5.74, 6) is -0.0512. The van der Waals surface area contributed by atoms with Gasteiger partial charge in [-0.3, -0.25) is 4.79 Å². The molecule has 3 heteroatoms. The summed E-state index contributed by atoms with van der Waals surface area (Å²) in [6.45, 7) is 1.11. The Morgan fingerprint density at radius 3 is 2.73 bits per heavy atom. The molecule has 2 N–H and O–H groups in total. The predicted molar refractivity (Wildman–Crippen MR) is 90.2 cm³/mol. The SMILES string of the molecule is O=C(Nc1ccccc1)c1cccc(C[C@@H]2CCCCN2)c1. The zero-order valence-electron chi connectivity index (χ0n) is 12.7. The standard InChI is InChI=1S/C19H22N2O/c22-19(21-17-9-2-1-3-10-17)16-8-6-7-15(13-16)14-18-11-4-5-12-20-18/h1-3,6-10,13,18,20H,4-5,11-12,14H2,(H,21,22)/t18-/m0/s1. The maximum absolute atomic E-state index is 12.3. The van der Waals surface area contributed by atoms with Crippen LogP contribution in [0.1, 0.15) is 35.2 Å². The van der Waals surface area contributed by atoms with Gasteiger partial charge in [0.2, 0.25) is 0 Å². The van der Waals surface area contributed by atoms with Crippen LogP contribution in [0.4, 0.5) is 5.69 Å². The van der Waals surface area contributed by atoms with Crippen molar-refractivity contribution >= 4 is 11.6 Å². The molecule has 2 aromatic carbocycles. The minimum Gasteiger partial charge on any atom is -0.322 e. The normalized spacial score (nSPS) is 17.9. The Hall–Kier alpha value is -2.13. The summed E-state index contributed by atoms with van der Waals surface area (Å²) in [5, 5.41) is 6.49. The summed E-state index contributed by atoms with van der Waals surface area (Å²) in [7, 11) is 0. The van der Waals surface area contributed by atoms with Crippen LogP contribution in [0, 0.1) is 0 Å². The molecule has 1 atom stereocenters. The second-order valence-electron chi connectivity index (χ2n) is 5.87. The number of carbonyl (C=O) groups excluding carboxylic acids is 1. The molecule has 1 heterocycles. The van der Waals surface area contributed by atoms with Crippen molar-refractivity contribution in [3.05, 3.63) is 65.7 Å². The lowest BCUT2D eigenvalue weighted by molar-refractivity contribution is 0.102. The molecule has 3 nitrogen and oxygen atoms in total. The van der Waals surface area contributed by atoms with Crippen molar-refractivity contribution in [1.29, 1.82) is 0 Å². The zero-order valence-corrected chi connectivity index (χ0v) is 12.7. The second kappa shape index (κ2) is 7.23. The van der Waals surface area contributed by atoms with E-state index in [2.05, 4.69) is 16.7 Å². The lowest BCUT2D eigenvalue weighted by atomic mass is 9.97. The molecular formula is C19H22N2O. The highest BCUT2D eigenvalue weighted by Gasteiger charge is 2.14. The minimum absolute atomic E-state index is 0.0512. The number of piperidine rings is 1. The van der Waals surface area contributed by atoms with Crippen LogP contribution in [0.2, 0.25) is 0 Å². The largest absolute Gasteiger partial charge is 0.322 e. The third-order valence-electron chi connectivity index (χ3n) is 4.12. The van der Waals surface area contributed by atoms with E-state index >= 15 is 0 Å². The molecule has 1 fully saturated rings. The fourth-order valence-corrected chi connectivity index (χ4v) is 2.95. The van der Waals surface area contributed by atoms with Gasteiger partial charge >= 0.3 is 0 Å². The van der Waals surface area contributed by atoms with Gasteiger partial charge in [-0.25, -0.2) is 0 Å². The summed E-state index contributed by atoms with van der Waals surface area (Å²) in [4.78, 5) is 12.3. The number of hydrogen-bond donors (Lipinski definition) is 2. The fraction of sp³-hybridized carbons (Fsp3) is 0.316. The number of para-hydroxylation sites is 1. The minimum atomic E-state index is -0.0512. The Morgan fingerprint density at radius 2 is 1.95 bits per heavy atom. The Kier molecular flexibility index (Phi) is 4.86. The van der Waals surface area contributed by atoms with Gasteiger partial charge in [0.05, 0.1) is 0 Å². The van der Waals surface area contributed by atoms with Gasteiger partial charge in [-0.2, -0.15) is 0 Å². The number of anilines is 1. The molecule has 114 valence electrons. The number of hydrogen-bond acceptors (Lipinski definition) is 2. The molecule has 3 rings (SSSR count). The van der Waals surface area contributed by atoms with Crippen LogP contribution in [0.25, 0.3) is 0 Å². The third-order valence-corrected chi connectivity index (χ3v) is 4.12. The fourth-order valence-electron chi connectivity index (χ4n) is 2.95. The van der Waals surface area contributed by atoms with Crippen molar-refractivity contribution in [3.63, 3.8) is 0 Å². The van der Waals surface area contributed by atoms with Crippen LogP contribution in [-0.4, -0.2) is 18.5 Å². The molecule has 0 aromatic heterocycles. The van der Waals surface area contributed by atoms with E-state index in [9.17, 15) is 4.79 Å². The molecule has 0 radical (unpaired) electrons. The predicted octanol–water partition coefficient (Wildman–Crippen LogP) is 3.62. The van der Waals surface area contributed by atoms with E-state index < -0.39 is 0 Å². The van der Waals surface area contributed by atoms with E-state index in [1.54, 1.807) is 0 Å². The summed E-state index contributed by atoms with van der Waals surface area (Å²) < 4.78 is 0. The average Bonchev–Trinajstić information content (AvgIpc) is 2.57. The zero-order chi connectivity index (χ0) is 15.2. The van der Waals surface area contributed by atoms with Crippen LogP contribution in [0.15, 0.2) is 54.6 Å². The highest BCUT2D eigenvalue weighted by Crippen LogP contribution is 2.15. The number of amides is 1. The molecule has 0 bridgehead atoms. The van der Waals surface area contributed by atoms with Crippen LogP contribution >= 0.6 is 0 Å². The van der Waals surface area contributed by atoms with Gasteiger partial charge in [0, 0.05) is 17.3 Å². The van der Waals surface area contributed by atoms with Gasteiger partial charge in [-0.15, -0.1) is 0 Å². The summed E-state index contributed by atoms with van der Waals surface area (Å²) in [6.07, 6.45) is 4.79. The van der Waals surface area contributed by atoms with Crippen molar-refractivity contribution in [1.82, 2.24) is 5.32 Å². The van der Waals surface area contributed by atoms with Crippen LogP contribution in [0.5, 0.6) is 0 Å². The van der Waals surface area contributed by atoms with E-state index in [1.807, 2.05) is 48.5 Å². The van der Waals surface area contributed by atoms with Crippen molar-refractivity contribution < 1.29 is 4.79 Å². The highest BCUT2D eigenvalue weighted by atomic mass is 16.1. The first kappa shape index (κ1) is 14.8. The maximum atomic E-state index is 12.3. The van der Waals surface area contributed by atoms with Crippen molar-refractivity contribution in [2.75, 3.05) is 11.9 Å². The van der Waals surface area contributed by atoms with E-state index in [4.69, 9.17) is 0 Å². The molecule has 0 aliphatic carbocycles. The quantitative estimate of drug-likeness (QED) is 0.904. The van der Waals surface area contributed by atoms with Gasteiger partial charge in [-0.1, -0.05) is 36.8 Å². The Morgan fingerprint density at radius 1 is 1.09 bits per heavy atom. The number of benzene rings is 2. The number of rotatable bonds is 4. The molecular weight excluding hydrogens is 272 g/mol. The Bertz CT molecular complexity index is 618. The lowest BCUT2D eigenvalue weighted by Crippen LogP contribution is -2.35. The highest BCUT2D eigenvalue weighted by molar-refractivity contribution is 6.04. The molecule has 0 spiro atoms. The van der Waals surface area contributed by atoms with Crippen molar-refractivity contribution in [3.8, 4) is 0 Å². The molecule has 1 saturated heterocycles. The first-order valence-electron chi connectivity index (χ1n) is 8.00. The lowest BCUT2D eigenvalue weighted by Gasteiger charge is -2.23. The van der Waals surface area contributed by atoms with Crippen molar-refractivity contribution in [2.24, 2.45) is 0 Å². The Balaban J connectivity index is 1.66. The van der Waals surface area contributed by atoms with Gasteiger partial charge in [0.15, 0.2) is 0 Å². The second-order valence-corrected chi connectivity index (χ2v) is 5.87. The third kappa shape index (κ3) is 3.95. The van der Waals surface area contributed by atoms with E-state index in [-0.39, 0.29) is 5.91 Å². The van der Waals surface area contributed by atoms with Crippen LogP contribution < -0.4 is 10.6 Å². The molecule has 2 aromatic rings. The Labute approximate surface area is 131 Å². The molecule has 1 aliphatic heterocycles. The van der Waals surface area contributed by atoms with Crippen LogP contribution in [0.3, 0.4) is 0 Å². The number of carbonyl (C=O) groups is 1. The van der Waals surface area contributed by atoms with Crippen LogP contribution in [-0.2, 0) is 6.42 Å². The van der Waals surface area contributed by atoms with E-state index in [1.165, 1.54) is 24.8 Å². The molecule has 0 saturated carbocycles. The average molecular weight is 294 g/mol. The molecule has 1 aliphatic rings. The monoisotopic (exact) mass is 294 g/mol. The van der Waals surface area contributed by atoms with E-state index in [0.717, 1.165) is 24.2 Å². The van der Waals surface area contributed by atoms with E-state index in [0.29, 0.717) is 6.04 Å². The smallest absolute Gasteiger partial charge is 0.255 e. The summed E-state index contributed by atoms with van der Waals surface area (Å²) in [5.41, 5.74) is 2.77. The molecule has 0 unspecified atom stereocenters. The van der Waals surface area contributed by atoms with Gasteiger partial charge in [0.25, 0.3) is 5.91 Å². The summed E-state index contributed by atoms with van der Waals surface area (Å²) >= 11 is 0. The molecule has 22 heavy (non-hydrogen) atoms. The first-order valence-corrected chi connectivity index (χ1v) is 8.00. The maximum Gasteiger partial charge on any atom is 0.255 e. The van der Waals surface area contributed by atoms with Gasteiger partial charge in [0.1, 0.15) is 0 Å². The number of nitrogens with one attached hydrogen (secondary N) is 2. The summed E-state index contributed by atoms with van der Waals surface area (Å²) in [6, 6.07) is 18.1. The molecule has 1 amide bonds. The van der Waals surface area contributed by atoms with Crippen molar-refractivity contribution in [2.45, 2.75) is 31.7 Å². The van der Waals surface area contributed by atoms with Gasteiger partial charge < -0.3 is 10.6 Å².